The van der Waals surface area contributed by atoms with Crippen molar-refractivity contribution < 1.29 is 14.0 Å². The first-order valence-corrected chi connectivity index (χ1v) is 8.04. The van der Waals surface area contributed by atoms with Gasteiger partial charge in [-0.05, 0) is 49.1 Å². The van der Waals surface area contributed by atoms with E-state index in [0.717, 1.165) is 25.9 Å². The molecule has 1 fully saturated rings. The molecule has 6 heteroatoms. The van der Waals surface area contributed by atoms with E-state index in [2.05, 4.69) is 21.2 Å². The molecule has 0 unspecified atom stereocenters. The summed E-state index contributed by atoms with van der Waals surface area (Å²) in [6, 6.07) is 3.21. The Bertz CT molecular complexity index is 652. The number of piperidine rings is 1. The number of halogens is 2. The molecule has 0 aromatic heterocycles. The van der Waals surface area contributed by atoms with Gasteiger partial charge in [0.1, 0.15) is 5.82 Å². The van der Waals surface area contributed by atoms with Gasteiger partial charge in [0.25, 0.3) is 5.91 Å². The second kappa shape index (κ2) is 5.76. The lowest BCUT2D eigenvalue weighted by Gasteiger charge is -2.36. The van der Waals surface area contributed by atoms with Crippen LogP contribution in [0.2, 0.25) is 0 Å². The molecule has 1 amide bonds. The first kappa shape index (κ1) is 15.6. The number of carbonyl (C=O) groups is 1. The predicted molar refractivity (Wildman–Crippen MR) is 85.5 cm³/mol. The van der Waals surface area contributed by atoms with Crippen LogP contribution in [0.3, 0.4) is 0 Å². The summed E-state index contributed by atoms with van der Waals surface area (Å²) in [6.07, 6.45) is 3.54. The van der Waals surface area contributed by atoms with E-state index in [0.29, 0.717) is 21.2 Å². The predicted octanol–water partition coefficient (Wildman–Crippen LogP) is 2.81. The van der Waals surface area contributed by atoms with Crippen molar-refractivity contribution in [3.05, 3.63) is 39.6 Å². The summed E-state index contributed by atoms with van der Waals surface area (Å²) >= 11 is 3.30. The maximum atomic E-state index is 13.9. The zero-order chi connectivity index (χ0) is 15.9. The molecular weight excluding hydrogens is 351 g/mol. The van der Waals surface area contributed by atoms with Gasteiger partial charge in [-0.2, -0.15) is 5.06 Å². The van der Waals surface area contributed by atoms with Crippen molar-refractivity contribution in [1.29, 1.82) is 0 Å². The third-order valence-electron chi connectivity index (χ3n) is 4.50. The molecule has 22 heavy (non-hydrogen) atoms. The SMILES string of the molecule is CON1CCC2(C=C(c3cc(Br)cc(F)c3C)C(=O)N2)CC1. The van der Waals surface area contributed by atoms with E-state index >= 15 is 0 Å². The monoisotopic (exact) mass is 368 g/mol. The van der Waals surface area contributed by atoms with Gasteiger partial charge in [-0.3, -0.25) is 4.79 Å². The fourth-order valence-electron chi connectivity index (χ4n) is 3.13. The summed E-state index contributed by atoms with van der Waals surface area (Å²) in [5.41, 5.74) is 1.36. The highest BCUT2D eigenvalue weighted by atomic mass is 79.9. The van der Waals surface area contributed by atoms with E-state index in [1.165, 1.54) is 6.07 Å². The van der Waals surface area contributed by atoms with Gasteiger partial charge in [-0.25, -0.2) is 4.39 Å². The van der Waals surface area contributed by atoms with Crippen molar-refractivity contribution in [2.75, 3.05) is 20.2 Å². The van der Waals surface area contributed by atoms with Crippen molar-refractivity contribution in [3.63, 3.8) is 0 Å². The standard InChI is InChI=1S/C16H18BrFN2O2/c1-10-12(7-11(17)8-14(10)18)13-9-16(19-15(13)21)3-5-20(22-2)6-4-16/h7-9H,3-6H2,1-2H3,(H,19,21). The normalized spacial score (nSPS) is 21.1. The van der Waals surface area contributed by atoms with Crippen LogP contribution in [0.4, 0.5) is 4.39 Å². The van der Waals surface area contributed by atoms with Gasteiger partial charge >= 0.3 is 0 Å². The topological polar surface area (TPSA) is 41.6 Å². The first-order valence-electron chi connectivity index (χ1n) is 7.24. The molecule has 1 spiro atoms. The molecule has 1 saturated heterocycles. The minimum atomic E-state index is -0.341. The number of amides is 1. The van der Waals surface area contributed by atoms with Crippen LogP contribution in [0.1, 0.15) is 24.0 Å². The smallest absolute Gasteiger partial charge is 0.252 e. The molecular formula is C16H18BrFN2O2. The number of benzene rings is 1. The van der Waals surface area contributed by atoms with Crippen LogP contribution in [0.15, 0.2) is 22.7 Å². The molecule has 1 N–H and O–H groups in total. The minimum Gasteiger partial charge on any atom is -0.343 e. The van der Waals surface area contributed by atoms with E-state index in [1.807, 2.05) is 11.1 Å². The molecule has 2 heterocycles. The average molecular weight is 369 g/mol. The summed E-state index contributed by atoms with van der Waals surface area (Å²) in [7, 11) is 1.65. The van der Waals surface area contributed by atoms with Crippen LogP contribution in [-0.4, -0.2) is 36.7 Å². The molecule has 0 bridgehead atoms. The third-order valence-corrected chi connectivity index (χ3v) is 4.96. The zero-order valence-corrected chi connectivity index (χ0v) is 14.2. The number of hydrogen-bond acceptors (Lipinski definition) is 3. The fraction of sp³-hybridized carbons (Fsp3) is 0.438. The number of hydrogen-bond donors (Lipinski definition) is 1. The highest BCUT2D eigenvalue weighted by Gasteiger charge is 2.40. The molecule has 2 aliphatic rings. The molecule has 2 aliphatic heterocycles. The molecule has 118 valence electrons. The second-order valence-corrected chi connectivity index (χ2v) is 6.76. The number of nitrogens with zero attached hydrogens (tertiary/aromatic N) is 1. The highest BCUT2D eigenvalue weighted by Crippen LogP contribution is 2.35. The summed E-state index contributed by atoms with van der Waals surface area (Å²) in [4.78, 5) is 17.6. The Hall–Kier alpha value is -1.24. The molecule has 0 radical (unpaired) electrons. The minimum absolute atomic E-state index is 0.133. The van der Waals surface area contributed by atoms with E-state index in [4.69, 9.17) is 4.84 Å². The lowest BCUT2D eigenvalue weighted by molar-refractivity contribution is -0.150. The van der Waals surface area contributed by atoms with Crippen molar-refractivity contribution >= 4 is 27.4 Å². The van der Waals surface area contributed by atoms with E-state index in [1.54, 1.807) is 20.1 Å². The quantitative estimate of drug-likeness (QED) is 0.872. The maximum absolute atomic E-state index is 13.9. The van der Waals surface area contributed by atoms with Gasteiger partial charge < -0.3 is 10.2 Å². The molecule has 4 nitrogen and oxygen atoms in total. The Balaban J connectivity index is 1.95. The van der Waals surface area contributed by atoms with Crippen LogP contribution in [-0.2, 0) is 9.63 Å². The summed E-state index contributed by atoms with van der Waals surface area (Å²) < 4.78 is 14.6. The van der Waals surface area contributed by atoms with Crippen molar-refractivity contribution in [3.8, 4) is 0 Å². The Morgan fingerprint density at radius 2 is 2.05 bits per heavy atom. The van der Waals surface area contributed by atoms with Gasteiger partial charge in [0, 0.05) is 23.1 Å². The van der Waals surface area contributed by atoms with Crippen LogP contribution >= 0.6 is 15.9 Å². The highest BCUT2D eigenvalue weighted by molar-refractivity contribution is 9.10. The lowest BCUT2D eigenvalue weighted by atomic mass is 9.88. The molecule has 0 aliphatic carbocycles. The van der Waals surface area contributed by atoms with Crippen molar-refractivity contribution in [2.24, 2.45) is 0 Å². The zero-order valence-electron chi connectivity index (χ0n) is 12.6. The van der Waals surface area contributed by atoms with Crippen LogP contribution in [0.25, 0.3) is 5.57 Å². The van der Waals surface area contributed by atoms with Gasteiger partial charge in [-0.1, -0.05) is 15.9 Å². The van der Waals surface area contributed by atoms with E-state index in [9.17, 15) is 9.18 Å². The van der Waals surface area contributed by atoms with Crippen molar-refractivity contribution in [1.82, 2.24) is 10.4 Å². The van der Waals surface area contributed by atoms with E-state index in [-0.39, 0.29) is 17.3 Å². The lowest BCUT2D eigenvalue weighted by Crippen LogP contribution is -2.50. The summed E-state index contributed by atoms with van der Waals surface area (Å²) in [5.74, 6) is -0.445. The molecule has 0 atom stereocenters. The largest absolute Gasteiger partial charge is 0.343 e. The molecule has 1 aromatic rings. The van der Waals surface area contributed by atoms with Crippen LogP contribution in [0.5, 0.6) is 0 Å². The second-order valence-electron chi connectivity index (χ2n) is 5.84. The number of hydroxylamine groups is 2. The molecule has 0 saturated carbocycles. The number of carbonyl (C=O) groups excluding carboxylic acids is 1. The fourth-order valence-corrected chi connectivity index (χ4v) is 3.56. The van der Waals surface area contributed by atoms with Crippen LogP contribution < -0.4 is 5.32 Å². The summed E-state index contributed by atoms with van der Waals surface area (Å²) in [5, 5.41) is 4.96. The van der Waals surface area contributed by atoms with Gasteiger partial charge in [0.2, 0.25) is 0 Å². The Morgan fingerprint density at radius 1 is 1.36 bits per heavy atom. The average Bonchev–Trinajstić information content (AvgIpc) is 2.80. The Labute approximate surface area is 137 Å². The molecule has 3 rings (SSSR count). The molecule has 1 aromatic carbocycles. The maximum Gasteiger partial charge on any atom is 0.252 e. The van der Waals surface area contributed by atoms with Gasteiger partial charge in [-0.15, -0.1) is 0 Å². The third kappa shape index (κ3) is 2.71. The van der Waals surface area contributed by atoms with Crippen molar-refractivity contribution in [2.45, 2.75) is 25.3 Å². The Kier molecular flexibility index (Phi) is 4.09. The number of nitrogens with one attached hydrogen (secondary N) is 1. The van der Waals surface area contributed by atoms with E-state index < -0.39 is 0 Å². The Morgan fingerprint density at radius 3 is 2.68 bits per heavy atom. The first-order chi connectivity index (χ1) is 10.4. The summed E-state index contributed by atoms with van der Waals surface area (Å²) in [6.45, 7) is 3.21. The van der Waals surface area contributed by atoms with Gasteiger partial charge in [0.05, 0.1) is 12.6 Å². The van der Waals surface area contributed by atoms with Crippen LogP contribution in [0, 0.1) is 12.7 Å². The number of rotatable bonds is 2. The van der Waals surface area contributed by atoms with Gasteiger partial charge in [0.15, 0.2) is 0 Å².